The van der Waals surface area contributed by atoms with Crippen molar-refractivity contribution in [2.24, 2.45) is 5.73 Å². The maximum Gasteiger partial charge on any atom is 0.175 e. The molecule has 0 atom stereocenters. The van der Waals surface area contributed by atoms with E-state index in [1.54, 1.807) is 30.3 Å². The second-order valence-electron chi connectivity index (χ2n) is 4.49. The number of benzene rings is 2. The first kappa shape index (κ1) is 15.6. The van der Waals surface area contributed by atoms with Gasteiger partial charge in [-0.3, -0.25) is 0 Å². The van der Waals surface area contributed by atoms with Crippen molar-refractivity contribution in [3.8, 4) is 6.07 Å². The highest BCUT2D eigenvalue weighted by Gasteiger charge is 2.08. The van der Waals surface area contributed by atoms with Crippen LogP contribution in [0.2, 0.25) is 0 Å². The summed E-state index contributed by atoms with van der Waals surface area (Å²) in [6.07, 6.45) is 1.18. The van der Waals surface area contributed by atoms with Crippen LogP contribution in [0.25, 0.3) is 0 Å². The van der Waals surface area contributed by atoms with Gasteiger partial charge in [-0.1, -0.05) is 17.8 Å². The Morgan fingerprint density at radius 3 is 2.38 bits per heavy atom. The highest BCUT2D eigenvalue weighted by Crippen LogP contribution is 2.31. The van der Waals surface area contributed by atoms with Crippen LogP contribution in [-0.2, 0) is 16.4 Å². The molecule has 0 aliphatic carbocycles. The van der Waals surface area contributed by atoms with Gasteiger partial charge in [-0.15, -0.1) is 0 Å². The molecule has 0 unspecified atom stereocenters. The smallest absolute Gasteiger partial charge is 0.175 e. The Balaban J connectivity index is 2.29. The van der Waals surface area contributed by atoms with Crippen molar-refractivity contribution in [2.75, 3.05) is 6.26 Å². The summed E-state index contributed by atoms with van der Waals surface area (Å²) in [5, 5.41) is 9.18. The third-order valence-electron chi connectivity index (χ3n) is 2.88. The molecule has 0 aliphatic heterocycles. The number of hydrogen-bond acceptors (Lipinski definition) is 5. The van der Waals surface area contributed by atoms with Crippen LogP contribution >= 0.6 is 11.8 Å². The van der Waals surface area contributed by atoms with Gasteiger partial charge in [0.1, 0.15) is 6.07 Å². The van der Waals surface area contributed by atoms with Crippen LogP contribution in [0.4, 0.5) is 0 Å². The Kier molecular flexibility index (Phi) is 4.68. The molecule has 21 heavy (non-hydrogen) atoms. The maximum absolute atomic E-state index is 11.4. The lowest BCUT2D eigenvalue weighted by molar-refractivity contribution is 0.602. The topological polar surface area (TPSA) is 83.9 Å². The molecular formula is C15H14N2O2S2. The zero-order valence-electron chi connectivity index (χ0n) is 11.4. The summed E-state index contributed by atoms with van der Waals surface area (Å²) in [7, 11) is -3.19. The maximum atomic E-state index is 11.4. The van der Waals surface area contributed by atoms with Crippen LogP contribution in [0.15, 0.2) is 57.2 Å². The first-order chi connectivity index (χ1) is 9.94. The fourth-order valence-electron chi connectivity index (χ4n) is 1.76. The van der Waals surface area contributed by atoms with Crippen LogP contribution < -0.4 is 5.73 Å². The van der Waals surface area contributed by atoms with Crippen LogP contribution in [0.5, 0.6) is 0 Å². The molecule has 6 heteroatoms. The summed E-state index contributed by atoms with van der Waals surface area (Å²) in [4.78, 5) is 1.98. The highest BCUT2D eigenvalue weighted by molar-refractivity contribution is 7.99. The van der Waals surface area contributed by atoms with E-state index in [1.165, 1.54) is 18.0 Å². The second kappa shape index (κ2) is 6.31. The molecule has 0 radical (unpaired) electrons. The largest absolute Gasteiger partial charge is 0.326 e. The third-order valence-corrected chi connectivity index (χ3v) is 5.09. The van der Waals surface area contributed by atoms with Gasteiger partial charge < -0.3 is 5.73 Å². The number of nitrogens with two attached hydrogens (primary N) is 1. The Labute approximate surface area is 128 Å². The van der Waals surface area contributed by atoms with Crippen molar-refractivity contribution in [1.29, 1.82) is 5.26 Å². The van der Waals surface area contributed by atoms with Crippen LogP contribution in [-0.4, -0.2) is 14.7 Å². The summed E-state index contributed by atoms with van der Waals surface area (Å²) >= 11 is 1.42. The standard InChI is InChI=1S/C15H14N2O2S2/c1-21(18,19)14-5-3-13(4-6-14)20-15-7-2-11(9-16)8-12(15)10-17/h2-8H,9,16H2,1H3. The first-order valence-corrected chi connectivity index (χ1v) is 8.86. The van der Waals surface area contributed by atoms with Gasteiger partial charge in [-0.2, -0.15) is 5.26 Å². The van der Waals surface area contributed by atoms with Gasteiger partial charge in [0.25, 0.3) is 0 Å². The lowest BCUT2D eigenvalue weighted by Crippen LogP contribution is -1.97. The van der Waals surface area contributed by atoms with Gasteiger partial charge in [0.2, 0.25) is 0 Å². The Bertz CT molecular complexity index is 791. The molecule has 0 fully saturated rings. The van der Waals surface area contributed by atoms with Crippen molar-refractivity contribution in [3.63, 3.8) is 0 Å². The van der Waals surface area contributed by atoms with E-state index < -0.39 is 9.84 Å². The summed E-state index contributed by atoms with van der Waals surface area (Å²) in [5.74, 6) is 0. The minimum Gasteiger partial charge on any atom is -0.326 e. The van der Waals surface area contributed by atoms with E-state index in [9.17, 15) is 13.7 Å². The molecular weight excluding hydrogens is 304 g/mol. The monoisotopic (exact) mass is 318 g/mol. The molecule has 4 nitrogen and oxygen atoms in total. The molecule has 0 aromatic heterocycles. The Hall–Kier alpha value is -1.81. The van der Waals surface area contributed by atoms with Crippen molar-refractivity contribution in [2.45, 2.75) is 21.2 Å². The molecule has 0 spiro atoms. The molecule has 0 saturated heterocycles. The van der Waals surface area contributed by atoms with Gasteiger partial charge in [-0.05, 0) is 42.0 Å². The zero-order chi connectivity index (χ0) is 15.5. The van der Waals surface area contributed by atoms with Crippen molar-refractivity contribution in [1.82, 2.24) is 0 Å². The van der Waals surface area contributed by atoms with Crippen molar-refractivity contribution in [3.05, 3.63) is 53.6 Å². The minimum absolute atomic E-state index is 0.283. The Morgan fingerprint density at radius 2 is 1.86 bits per heavy atom. The predicted molar refractivity (Wildman–Crippen MR) is 82.7 cm³/mol. The number of rotatable bonds is 4. The van der Waals surface area contributed by atoms with E-state index >= 15 is 0 Å². The SMILES string of the molecule is CS(=O)(=O)c1ccc(Sc2ccc(CN)cc2C#N)cc1. The number of hydrogen-bond donors (Lipinski definition) is 1. The van der Waals surface area contributed by atoms with Gasteiger partial charge in [-0.25, -0.2) is 8.42 Å². The lowest BCUT2D eigenvalue weighted by Gasteiger charge is -2.06. The van der Waals surface area contributed by atoms with E-state index in [-0.39, 0.29) is 4.90 Å². The average molecular weight is 318 g/mol. The van der Waals surface area contributed by atoms with Crippen LogP contribution in [0, 0.1) is 11.3 Å². The molecule has 0 saturated carbocycles. The van der Waals surface area contributed by atoms with Crippen molar-refractivity contribution < 1.29 is 8.42 Å². The van der Waals surface area contributed by atoms with Gasteiger partial charge in [0.05, 0.1) is 10.5 Å². The van der Waals surface area contributed by atoms with E-state index in [0.717, 1.165) is 15.4 Å². The second-order valence-corrected chi connectivity index (χ2v) is 7.62. The number of nitrogens with zero attached hydrogens (tertiary/aromatic N) is 1. The fraction of sp³-hybridized carbons (Fsp3) is 0.133. The van der Waals surface area contributed by atoms with Crippen LogP contribution in [0.3, 0.4) is 0 Å². The molecule has 2 N–H and O–H groups in total. The molecule has 2 rings (SSSR count). The third kappa shape index (κ3) is 3.85. The van der Waals surface area contributed by atoms with E-state index in [4.69, 9.17) is 5.73 Å². The number of sulfone groups is 1. The molecule has 2 aromatic rings. The summed E-state index contributed by atoms with van der Waals surface area (Å²) in [6.45, 7) is 0.392. The van der Waals surface area contributed by atoms with Gasteiger partial charge in [0, 0.05) is 22.6 Å². The Morgan fingerprint density at radius 1 is 1.19 bits per heavy atom. The zero-order valence-corrected chi connectivity index (χ0v) is 13.0. The molecule has 0 bridgehead atoms. The molecule has 108 valence electrons. The van der Waals surface area contributed by atoms with E-state index in [2.05, 4.69) is 6.07 Å². The fourth-order valence-corrected chi connectivity index (χ4v) is 3.27. The average Bonchev–Trinajstić information content (AvgIpc) is 2.47. The number of nitriles is 1. The van der Waals surface area contributed by atoms with Gasteiger partial charge in [0.15, 0.2) is 9.84 Å². The lowest BCUT2D eigenvalue weighted by atomic mass is 10.1. The van der Waals surface area contributed by atoms with E-state index in [0.29, 0.717) is 12.1 Å². The van der Waals surface area contributed by atoms with Crippen LogP contribution in [0.1, 0.15) is 11.1 Å². The molecule has 0 aliphatic rings. The molecule has 0 heterocycles. The minimum atomic E-state index is -3.19. The predicted octanol–water partition coefficient (Wildman–Crippen LogP) is 2.57. The summed E-state index contributed by atoms with van der Waals surface area (Å²) in [6, 6.07) is 14.3. The quantitative estimate of drug-likeness (QED) is 0.936. The molecule has 0 amide bonds. The van der Waals surface area contributed by atoms with Crippen molar-refractivity contribution >= 4 is 21.6 Å². The summed E-state index contributed by atoms with van der Waals surface area (Å²) in [5.41, 5.74) is 7.03. The summed E-state index contributed by atoms with van der Waals surface area (Å²) < 4.78 is 22.8. The van der Waals surface area contributed by atoms with Gasteiger partial charge >= 0.3 is 0 Å². The molecule has 2 aromatic carbocycles. The highest BCUT2D eigenvalue weighted by atomic mass is 32.2. The van der Waals surface area contributed by atoms with E-state index in [1.807, 2.05) is 12.1 Å². The first-order valence-electron chi connectivity index (χ1n) is 6.15. The normalized spacial score (nSPS) is 11.1.